The van der Waals surface area contributed by atoms with Crippen molar-refractivity contribution in [1.82, 2.24) is 4.98 Å². The topological polar surface area (TPSA) is 62.3 Å². The van der Waals surface area contributed by atoms with Crippen LogP contribution in [0.4, 0.5) is 5.13 Å². The van der Waals surface area contributed by atoms with E-state index in [1.165, 1.54) is 4.70 Å². The summed E-state index contributed by atoms with van der Waals surface area (Å²) in [5.74, 6) is 0. The van der Waals surface area contributed by atoms with Gasteiger partial charge in [0.1, 0.15) is 0 Å². The van der Waals surface area contributed by atoms with Gasteiger partial charge in [-0.1, -0.05) is 23.5 Å². The third-order valence-corrected chi connectivity index (χ3v) is 5.15. The lowest BCUT2D eigenvalue weighted by atomic mass is 10.3. The second-order valence-corrected chi connectivity index (χ2v) is 7.02. The van der Waals surface area contributed by atoms with Gasteiger partial charge in [0, 0.05) is 13.1 Å². The fraction of sp³-hybridized carbons (Fsp3) is 0.632. The van der Waals surface area contributed by atoms with Crippen LogP contribution in [0.2, 0.25) is 0 Å². The Morgan fingerprint density at radius 1 is 0.667 bits per heavy atom. The summed E-state index contributed by atoms with van der Waals surface area (Å²) >= 11 is 1.70. The van der Waals surface area contributed by atoms with Crippen LogP contribution < -0.4 is 4.90 Å². The quantitative estimate of drug-likeness (QED) is 0.732. The molecule has 1 saturated heterocycles. The highest BCUT2D eigenvalue weighted by molar-refractivity contribution is 7.22. The molecule has 0 unspecified atom stereocenters. The molecule has 0 atom stereocenters. The van der Waals surface area contributed by atoms with Gasteiger partial charge in [0.05, 0.1) is 76.3 Å². The first-order valence-electron chi connectivity index (χ1n) is 9.43. The molecule has 0 radical (unpaired) electrons. The molecule has 1 fully saturated rings. The largest absolute Gasteiger partial charge is 0.377 e. The molecule has 1 aliphatic heterocycles. The van der Waals surface area contributed by atoms with Gasteiger partial charge in [-0.25, -0.2) is 4.98 Å². The Hall–Kier alpha value is -1.29. The van der Waals surface area contributed by atoms with E-state index in [1.54, 1.807) is 11.3 Å². The lowest BCUT2D eigenvalue weighted by molar-refractivity contribution is -0.0116. The minimum Gasteiger partial charge on any atom is -0.377 e. The summed E-state index contributed by atoms with van der Waals surface area (Å²) in [6, 6.07) is 8.20. The van der Waals surface area contributed by atoms with Crippen molar-refractivity contribution >= 4 is 26.7 Å². The molecule has 1 aromatic heterocycles. The Balaban J connectivity index is 1.54. The van der Waals surface area contributed by atoms with E-state index in [-0.39, 0.29) is 0 Å². The minimum absolute atomic E-state index is 0.574. The number of hydrogen-bond donors (Lipinski definition) is 0. The van der Waals surface area contributed by atoms with E-state index in [0.29, 0.717) is 66.1 Å². The number of rotatable bonds is 1. The van der Waals surface area contributed by atoms with Crippen molar-refractivity contribution in [2.75, 3.05) is 84.1 Å². The molecule has 0 amide bonds. The smallest absolute Gasteiger partial charge is 0.186 e. The van der Waals surface area contributed by atoms with Crippen molar-refractivity contribution in [3.63, 3.8) is 0 Å². The maximum atomic E-state index is 5.71. The molecular formula is C19H28N2O5S. The molecule has 1 aromatic carbocycles. The first kappa shape index (κ1) is 20.4. The van der Waals surface area contributed by atoms with Crippen LogP contribution in [0, 0.1) is 0 Å². The van der Waals surface area contributed by atoms with Gasteiger partial charge in [-0.2, -0.15) is 0 Å². The van der Waals surface area contributed by atoms with Gasteiger partial charge in [0.15, 0.2) is 5.13 Å². The minimum atomic E-state index is 0.574. The van der Waals surface area contributed by atoms with E-state index in [2.05, 4.69) is 11.0 Å². The van der Waals surface area contributed by atoms with E-state index in [4.69, 9.17) is 28.7 Å². The number of para-hydroxylation sites is 1. The monoisotopic (exact) mass is 396 g/mol. The van der Waals surface area contributed by atoms with Crippen LogP contribution in [0.5, 0.6) is 0 Å². The van der Waals surface area contributed by atoms with Crippen molar-refractivity contribution in [2.24, 2.45) is 0 Å². The average molecular weight is 397 g/mol. The van der Waals surface area contributed by atoms with Crippen LogP contribution in [0.1, 0.15) is 0 Å². The molecule has 0 spiro atoms. The fourth-order valence-corrected chi connectivity index (χ4v) is 3.65. The number of nitrogens with zero attached hydrogens (tertiary/aromatic N) is 2. The molecule has 2 heterocycles. The Labute approximate surface area is 164 Å². The molecule has 150 valence electrons. The van der Waals surface area contributed by atoms with Crippen LogP contribution >= 0.6 is 11.3 Å². The number of hydrogen-bond acceptors (Lipinski definition) is 8. The average Bonchev–Trinajstić information content (AvgIpc) is 3.12. The fourth-order valence-electron chi connectivity index (χ4n) is 2.63. The number of aromatic nitrogens is 1. The molecule has 2 aromatic rings. The predicted molar refractivity (Wildman–Crippen MR) is 106 cm³/mol. The van der Waals surface area contributed by atoms with Gasteiger partial charge in [0.2, 0.25) is 0 Å². The molecule has 3 rings (SSSR count). The van der Waals surface area contributed by atoms with Crippen molar-refractivity contribution in [1.29, 1.82) is 0 Å². The zero-order chi connectivity index (χ0) is 18.6. The van der Waals surface area contributed by atoms with E-state index >= 15 is 0 Å². The highest BCUT2D eigenvalue weighted by atomic mass is 32.1. The lowest BCUT2D eigenvalue weighted by Gasteiger charge is -2.22. The number of thiazole rings is 1. The third-order valence-electron chi connectivity index (χ3n) is 4.05. The van der Waals surface area contributed by atoms with Crippen LogP contribution in [-0.4, -0.2) is 84.1 Å². The van der Waals surface area contributed by atoms with Gasteiger partial charge < -0.3 is 28.6 Å². The second-order valence-electron chi connectivity index (χ2n) is 6.01. The van der Waals surface area contributed by atoms with Crippen molar-refractivity contribution < 1.29 is 23.7 Å². The zero-order valence-corrected chi connectivity index (χ0v) is 16.5. The normalized spacial score (nSPS) is 20.2. The summed E-state index contributed by atoms with van der Waals surface area (Å²) in [6.07, 6.45) is 0. The molecule has 8 heteroatoms. The molecule has 0 N–H and O–H groups in total. The van der Waals surface area contributed by atoms with Crippen LogP contribution in [0.25, 0.3) is 10.2 Å². The van der Waals surface area contributed by atoms with Crippen LogP contribution in [-0.2, 0) is 23.7 Å². The van der Waals surface area contributed by atoms with E-state index in [0.717, 1.165) is 23.7 Å². The molecule has 1 aliphatic rings. The first-order valence-corrected chi connectivity index (χ1v) is 10.2. The number of benzene rings is 1. The highest BCUT2D eigenvalue weighted by Crippen LogP contribution is 2.28. The van der Waals surface area contributed by atoms with Gasteiger partial charge >= 0.3 is 0 Å². The maximum absolute atomic E-state index is 5.71. The lowest BCUT2D eigenvalue weighted by Crippen LogP contribution is -2.31. The second kappa shape index (κ2) is 12.2. The van der Waals surface area contributed by atoms with Gasteiger partial charge in [-0.05, 0) is 12.1 Å². The number of fused-ring (bicyclic) bond motifs is 1. The molecular weight excluding hydrogens is 368 g/mol. The Morgan fingerprint density at radius 3 is 1.67 bits per heavy atom. The molecule has 0 saturated carbocycles. The SMILES string of the molecule is c1ccc2sc(N3CCOCCOCCOCCOCCOCC3)nc2c1. The standard InChI is InChI=1S/C19H28N2O5S/c1-2-4-18-17(3-1)20-19(27-18)21-5-7-22-9-11-24-13-15-26-16-14-25-12-10-23-8-6-21/h1-4H,5-16H2. The summed E-state index contributed by atoms with van der Waals surface area (Å²) in [4.78, 5) is 6.98. The molecule has 27 heavy (non-hydrogen) atoms. The van der Waals surface area contributed by atoms with E-state index in [9.17, 15) is 0 Å². The van der Waals surface area contributed by atoms with Crippen LogP contribution in [0.15, 0.2) is 24.3 Å². The first-order chi connectivity index (χ1) is 13.4. The van der Waals surface area contributed by atoms with Gasteiger partial charge in [0.25, 0.3) is 0 Å². The molecule has 0 aliphatic carbocycles. The Kier molecular flexibility index (Phi) is 9.26. The number of anilines is 1. The highest BCUT2D eigenvalue weighted by Gasteiger charge is 2.12. The van der Waals surface area contributed by atoms with Crippen molar-refractivity contribution in [2.45, 2.75) is 0 Å². The predicted octanol–water partition coefficient (Wildman–Crippen LogP) is 2.20. The summed E-state index contributed by atoms with van der Waals surface area (Å²) in [7, 11) is 0. The van der Waals surface area contributed by atoms with E-state index in [1.807, 2.05) is 18.2 Å². The summed E-state index contributed by atoms with van der Waals surface area (Å²) in [5.41, 5.74) is 1.03. The molecule has 0 bridgehead atoms. The summed E-state index contributed by atoms with van der Waals surface area (Å²) in [5, 5.41) is 1.00. The van der Waals surface area contributed by atoms with Gasteiger partial charge in [-0.15, -0.1) is 0 Å². The van der Waals surface area contributed by atoms with Crippen molar-refractivity contribution in [3.8, 4) is 0 Å². The summed E-state index contributed by atoms with van der Waals surface area (Å²) in [6.45, 7) is 7.38. The van der Waals surface area contributed by atoms with Gasteiger partial charge in [-0.3, -0.25) is 0 Å². The maximum Gasteiger partial charge on any atom is 0.186 e. The van der Waals surface area contributed by atoms with Crippen molar-refractivity contribution in [3.05, 3.63) is 24.3 Å². The molecule has 7 nitrogen and oxygen atoms in total. The zero-order valence-electron chi connectivity index (χ0n) is 15.6. The van der Waals surface area contributed by atoms with Crippen LogP contribution in [0.3, 0.4) is 0 Å². The summed E-state index contributed by atoms with van der Waals surface area (Å²) < 4.78 is 29.0. The number of ether oxygens (including phenoxy) is 5. The third kappa shape index (κ3) is 7.33. The Morgan fingerprint density at radius 2 is 1.15 bits per heavy atom. The Bertz CT molecular complexity index is 603. The van der Waals surface area contributed by atoms with E-state index < -0.39 is 0 Å².